The molecule has 1 atom stereocenters. The summed E-state index contributed by atoms with van der Waals surface area (Å²) < 4.78 is 5.35. The highest BCUT2D eigenvalue weighted by molar-refractivity contribution is 7.17. The Hall–Kier alpha value is -2.92. The molecule has 0 spiro atoms. The topological polar surface area (TPSA) is 55.4 Å². The number of carbonyl (C=O) groups is 2. The van der Waals surface area contributed by atoms with Crippen molar-refractivity contribution in [1.29, 1.82) is 0 Å². The first kappa shape index (κ1) is 21.3. The van der Waals surface area contributed by atoms with Gasteiger partial charge in [-0.25, -0.2) is 4.79 Å². The van der Waals surface area contributed by atoms with E-state index in [-0.39, 0.29) is 11.9 Å². The van der Waals surface area contributed by atoms with Gasteiger partial charge in [-0.15, -0.1) is 11.3 Å². The van der Waals surface area contributed by atoms with Crippen molar-refractivity contribution >= 4 is 28.2 Å². The number of fused-ring (bicyclic) bond motifs is 1. The summed E-state index contributed by atoms with van der Waals surface area (Å²) in [7, 11) is 0. The third kappa shape index (κ3) is 4.57. The largest absolute Gasteiger partial charge is 0.462 e. The van der Waals surface area contributed by atoms with Crippen LogP contribution >= 0.6 is 11.3 Å². The van der Waals surface area contributed by atoms with Crippen LogP contribution in [0.15, 0.2) is 60.7 Å². The number of hydrogen-bond acceptors (Lipinski definition) is 4. The molecule has 1 aromatic heterocycles. The van der Waals surface area contributed by atoms with E-state index in [1.165, 1.54) is 16.2 Å². The summed E-state index contributed by atoms with van der Waals surface area (Å²) in [5.41, 5.74) is 3.42. The molecule has 1 aliphatic carbocycles. The summed E-state index contributed by atoms with van der Waals surface area (Å²) in [6.45, 7) is 4.34. The Morgan fingerprint density at radius 2 is 1.68 bits per heavy atom. The van der Waals surface area contributed by atoms with Crippen molar-refractivity contribution in [2.75, 3.05) is 11.9 Å². The van der Waals surface area contributed by atoms with E-state index in [1.54, 1.807) is 6.92 Å². The average molecular weight is 434 g/mol. The van der Waals surface area contributed by atoms with Crippen LogP contribution in [0.25, 0.3) is 0 Å². The monoisotopic (exact) mass is 433 g/mol. The highest BCUT2D eigenvalue weighted by Gasteiger charge is 2.31. The number of nitrogens with one attached hydrogen (secondary N) is 1. The van der Waals surface area contributed by atoms with E-state index in [2.05, 4.69) is 12.2 Å². The van der Waals surface area contributed by atoms with Crippen LogP contribution in [-0.2, 0) is 22.4 Å². The first-order chi connectivity index (χ1) is 15.1. The lowest BCUT2D eigenvalue weighted by Crippen LogP contribution is -2.23. The fraction of sp³-hybridized carbons (Fsp3) is 0.308. The molecule has 5 heteroatoms. The Balaban J connectivity index is 1.71. The van der Waals surface area contributed by atoms with Gasteiger partial charge in [0.2, 0.25) is 5.91 Å². The molecule has 31 heavy (non-hydrogen) atoms. The number of carbonyl (C=O) groups excluding carboxylic acids is 2. The molecule has 1 N–H and O–H groups in total. The number of rotatable bonds is 6. The number of hydrogen-bond donors (Lipinski definition) is 1. The van der Waals surface area contributed by atoms with Gasteiger partial charge in [0, 0.05) is 4.88 Å². The molecule has 0 fully saturated rings. The molecule has 3 aromatic rings. The minimum Gasteiger partial charge on any atom is -0.462 e. The summed E-state index contributed by atoms with van der Waals surface area (Å²) in [5, 5.41) is 3.71. The predicted molar refractivity (Wildman–Crippen MR) is 125 cm³/mol. The Kier molecular flexibility index (Phi) is 6.52. The third-order valence-electron chi connectivity index (χ3n) is 5.76. The van der Waals surface area contributed by atoms with Crippen molar-refractivity contribution < 1.29 is 14.3 Å². The summed E-state index contributed by atoms with van der Waals surface area (Å²) in [5.74, 6) is -0.378. The molecule has 0 unspecified atom stereocenters. The second-order valence-electron chi connectivity index (χ2n) is 8.02. The van der Waals surface area contributed by atoms with Gasteiger partial charge in [0.15, 0.2) is 0 Å². The maximum Gasteiger partial charge on any atom is 0.341 e. The fourth-order valence-corrected chi connectivity index (χ4v) is 5.63. The van der Waals surface area contributed by atoms with Crippen molar-refractivity contribution in [2.45, 2.75) is 39.0 Å². The van der Waals surface area contributed by atoms with E-state index in [4.69, 9.17) is 4.74 Å². The lowest BCUT2D eigenvalue weighted by Gasteiger charge is -2.19. The van der Waals surface area contributed by atoms with Crippen molar-refractivity contribution in [2.24, 2.45) is 5.92 Å². The number of esters is 1. The minimum atomic E-state index is -0.463. The normalized spacial score (nSPS) is 15.4. The van der Waals surface area contributed by atoms with Crippen LogP contribution in [0.2, 0.25) is 0 Å². The Morgan fingerprint density at radius 1 is 1.06 bits per heavy atom. The average Bonchev–Trinajstić information content (AvgIpc) is 3.12. The number of ether oxygens (including phenoxy) is 1. The molecule has 1 aliphatic rings. The summed E-state index contributed by atoms with van der Waals surface area (Å²) in [6.07, 6.45) is 2.82. The van der Waals surface area contributed by atoms with E-state index in [0.29, 0.717) is 23.1 Å². The lowest BCUT2D eigenvalue weighted by atomic mass is 9.88. The Labute approximate surface area is 187 Å². The summed E-state index contributed by atoms with van der Waals surface area (Å²) in [6, 6.07) is 19.5. The number of thiophene rings is 1. The van der Waals surface area contributed by atoms with Crippen LogP contribution in [0.4, 0.5) is 5.00 Å². The summed E-state index contributed by atoms with van der Waals surface area (Å²) >= 11 is 1.52. The van der Waals surface area contributed by atoms with Gasteiger partial charge in [0.1, 0.15) is 5.00 Å². The van der Waals surface area contributed by atoms with Gasteiger partial charge >= 0.3 is 5.97 Å². The Bertz CT molecular complexity index is 1020. The highest BCUT2D eigenvalue weighted by atomic mass is 32.1. The van der Waals surface area contributed by atoms with Crippen molar-refractivity contribution in [1.82, 2.24) is 0 Å². The van der Waals surface area contributed by atoms with Gasteiger partial charge in [0.25, 0.3) is 0 Å². The van der Waals surface area contributed by atoms with Crippen LogP contribution in [0, 0.1) is 5.92 Å². The van der Waals surface area contributed by atoms with Gasteiger partial charge in [-0.2, -0.15) is 0 Å². The van der Waals surface area contributed by atoms with Crippen molar-refractivity contribution in [3.05, 3.63) is 87.8 Å². The van der Waals surface area contributed by atoms with Crippen LogP contribution in [-0.4, -0.2) is 18.5 Å². The van der Waals surface area contributed by atoms with Crippen LogP contribution in [0.1, 0.15) is 58.1 Å². The van der Waals surface area contributed by atoms with Crippen LogP contribution < -0.4 is 5.32 Å². The van der Waals surface area contributed by atoms with Crippen molar-refractivity contribution in [3.8, 4) is 0 Å². The van der Waals surface area contributed by atoms with E-state index in [9.17, 15) is 9.59 Å². The molecule has 1 amide bonds. The van der Waals surface area contributed by atoms with Crippen molar-refractivity contribution in [3.63, 3.8) is 0 Å². The van der Waals surface area contributed by atoms with Gasteiger partial charge in [-0.05, 0) is 48.8 Å². The Morgan fingerprint density at radius 3 is 2.26 bits per heavy atom. The van der Waals surface area contributed by atoms with E-state index >= 15 is 0 Å². The smallest absolute Gasteiger partial charge is 0.341 e. The molecular weight excluding hydrogens is 406 g/mol. The molecule has 160 valence electrons. The molecule has 4 rings (SSSR count). The SMILES string of the molecule is CCOC(=O)c1c(NC(=O)C(c2ccccc2)c2ccccc2)sc2c1CC[C@@H](C)C2. The maximum atomic E-state index is 13.6. The zero-order valence-corrected chi connectivity index (χ0v) is 18.7. The molecule has 0 saturated carbocycles. The van der Waals surface area contributed by atoms with Gasteiger partial charge in [0.05, 0.1) is 18.1 Å². The molecule has 1 heterocycles. The quantitative estimate of drug-likeness (QED) is 0.498. The molecule has 0 saturated heterocycles. The van der Waals surface area contributed by atoms with Crippen LogP contribution in [0.5, 0.6) is 0 Å². The minimum absolute atomic E-state index is 0.144. The first-order valence-electron chi connectivity index (χ1n) is 10.8. The first-order valence-corrected chi connectivity index (χ1v) is 11.6. The van der Waals surface area contributed by atoms with Gasteiger partial charge in [-0.1, -0.05) is 67.6 Å². The zero-order valence-electron chi connectivity index (χ0n) is 17.9. The molecule has 0 bridgehead atoms. The molecule has 4 nitrogen and oxygen atoms in total. The number of anilines is 1. The highest BCUT2D eigenvalue weighted by Crippen LogP contribution is 2.41. The maximum absolute atomic E-state index is 13.6. The third-order valence-corrected chi connectivity index (χ3v) is 6.93. The number of benzene rings is 2. The predicted octanol–water partition coefficient (Wildman–Crippen LogP) is 5.82. The zero-order chi connectivity index (χ0) is 21.8. The molecule has 0 radical (unpaired) electrons. The van der Waals surface area contributed by atoms with Crippen LogP contribution in [0.3, 0.4) is 0 Å². The van der Waals surface area contributed by atoms with E-state index in [0.717, 1.165) is 36.0 Å². The van der Waals surface area contributed by atoms with E-state index < -0.39 is 5.92 Å². The van der Waals surface area contributed by atoms with Gasteiger partial charge in [-0.3, -0.25) is 4.79 Å². The second kappa shape index (κ2) is 9.48. The molecule has 0 aliphatic heterocycles. The fourth-order valence-electron chi connectivity index (χ4n) is 4.23. The summed E-state index contributed by atoms with van der Waals surface area (Å²) in [4.78, 5) is 27.6. The number of amides is 1. The second-order valence-corrected chi connectivity index (χ2v) is 9.13. The molecule has 2 aromatic carbocycles. The standard InChI is InChI=1S/C26H27NO3S/c1-3-30-26(29)23-20-15-14-17(2)16-21(20)31-25(23)27-24(28)22(18-10-6-4-7-11-18)19-12-8-5-9-13-19/h4-13,17,22H,3,14-16H2,1-2H3,(H,27,28)/t17-/m1/s1. The van der Waals surface area contributed by atoms with E-state index in [1.807, 2.05) is 60.7 Å². The molecular formula is C26H27NO3S. The lowest BCUT2D eigenvalue weighted by molar-refractivity contribution is -0.116. The van der Waals surface area contributed by atoms with Gasteiger partial charge < -0.3 is 10.1 Å².